The van der Waals surface area contributed by atoms with E-state index in [4.69, 9.17) is 11.6 Å². The maximum Gasteiger partial charge on any atom is 0.416 e. The summed E-state index contributed by atoms with van der Waals surface area (Å²) < 4.78 is 41.4. The first-order chi connectivity index (χ1) is 16.8. The predicted molar refractivity (Wildman–Crippen MR) is 126 cm³/mol. The summed E-state index contributed by atoms with van der Waals surface area (Å²) in [7, 11) is 0. The molecule has 1 amide bonds. The average molecular weight is 518 g/mol. The molecule has 0 aliphatic carbocycles. The smallest absolute Gasteiger partial charge is 0.358 e. The summed E-state index contributed by atoms with van der Waals surface area (Å²) >= 11 is 6.92. The quantitative estimate of drug-likeness (QED) is 0.330. The van der Waals surface area contributed by atoms with Crippen LogP contribution in [0.5, 0.6) is 0 Å². The van der Waals surface area contributed by atoms with Crippen LogP contribution in [0.3, 0.4) is 0 Å². The summed E-state index contributed by atoms with van der Waals surface area (Å²) in [6.07, 6.45) is -1.57. The molecule has 4 aromatic rings. The number of hydrogen-bond donors (Lipinski definition) is 3. The number of amidine groups is 1. The number of aromatic amines is 2. The Bertz CT molecular complexity index is 1480. The van der Waals surface area contributed by atoms with Gasteiger partial charge in [-0.25, -0.2) is 0 Å². The van der Waals surface area contributed by atoms with E-state index in [1.54, 1.807) is 30.6 Å². The molecule has 0 atom stereocenters. The number of hydrogen-bond acceptors (Lipinski definition) is 6. The molecule has 35 heavy (non-hydrogen) atoms. The van der Waals surface area contributed by atoms with Crippen molar-refractivity contribution in [1.29, 1.82) is 0 Å². The first-order valence-corrected chi connectivity index (χ1v) is 11.4. The van der Waals surface area contributed by atoms with Gasteiger partial charge in [0, 0.05) is 16.6 Å². The fraction of sp³-hybridized carbons (Fsp3) is 0.136. The second-order valence-corrected chi connectivity index (χ2v) is 9.03. The number of fused-ring (bicyclic) bond motifs is 1. The van der Waals surface area contributed by atoms with E-state index in [1.165, 1.54) is 12.1 Å². The van der Waals surface area contributed by atoms with Crippen molar-refractivity contribution in [1.82, 2.24) is 30.9 Å². The molecule has 8 nitrogen and oxygen atoms in total. The van der Waals surface area contributed by atoms with E-state index in [0.717, 1.165) is 28.7 Å². The third kappa shape index (κ3) is 4.93. The van der Waals surface area contributed by atoms with Crippen molar-refractivity contribution in [3.05, 3.63) is 81.1 Å². The fourth-order valence-corrected chi connectivity index (χ4v) is 4.74. The number of rotatable bonds is 5. The van der Waals surface area contributed by atoms with E-state index in [9.17, 15) is 18.0 Å². The third-order valence-electron chi connectivity index (χ3n) is 5.29. The van der Waals surface area contributed by atoms with Gasteiger partial charge < -0.3 is 5.32 Å². The van der Waals surface area contributed by atoms with Crippen molar-refractivity contribution in [2.75, 3.05) is 0 Å². The van der Waals surface area contributed by atoms with E-state index in [1.807, 2.05) is 0 Å². The highest BCUT2D eigenvalue weighted by Crippen LogP contribution is 2.40. The number of H-pyrrole nitrogens is 2. The van der Waals surface area contributed by atoms with Gasteiger partial charge in [0.1, 0.15) is 5.69 Å². The number of amides is 1. The molecule has 0 radical (unpaired) electrons. The number of carbonyl (C=O) groups is 1. The van der Waals surface area contributed by atoms with E-state index in [0.29, 0.717) is 22.0 Å². The number of nitrogens with zero attached hydrogens (tertiary/aromatic N) is 4. The summed E-state index contributed by atoms with van der Waals surface area (Å²) in [5.74, 6) is -0.539. The van der Waals surface area contributed by atoms with Crippen LogP contribution in [0.1, 0.15) is 22.4 Å². The number of halogens is 4. The summed E-state index contributed by atoms with van der Waals surface area (Å²) in [4.78, 5) is 17.2. The third-order valence-corrected chi connectivity index (χ3v) is 6.58. The Hall–Kier alpha value is -3.64. The monoisotopic (exact) mass is 517 g/mol. The number of allylic oxidation sites excluding steroid dienone is 1. The van der Waals surface area contributed by atoms with Gasteiger partial charge in [-0.3, -0.25) is 15.0 Å². The van der Waals surface area contributed by atoms with E-state index < -0.39 is 17.6 Å². The molecule has 1 aliphatic heterocycles. The molecule has 2 aromatic carbocycles. The fourth-order valence-electron chi connectivity index (χ4n) is 3.65. The molecule has 0 fully saturated rings. The highest BCUT2D eigenvalue weighted by molar-refractivity contribution is 8.18. The van der Waals surface area contributed by atoms with Crippen molar-refractivity contribution in [2.45, 2.75) is 19.1 Å². The molecular formula is C22H15ClF3N7OS. The number of thioether (sulfide) groups is 1. The standard InChI is InChI=1S/C22H15ClF3N7OS/c23-14-3-1-12(17(7-14)22(24,25)26)6-16(11-2-4-18-13(5-11)8-28-32-18)19-20(34)30-21(35-19)27-9-15-10-29-33-31-15/h1-5,7-8,10H,6,9H2,(H,28,32)(H,27,30,34)(H,29,31,33). The minimum atomic E-state index is -4.61. The number of aromatic nitrogens is 5. The Morgan fingerprint density at radius 3 is 2.80 bits per heavy atom. The van der Waals surface area contributed by atoms with Crippen molar-refractivity contribution in [3.63, 3.8) is 0 Å². The van der Waals surface area contributed by atoms with Gasteiger partial charge in [0.15, 0.2) is 5.17 Å². The number of carbonyl (C=O) groups excluding carboxylic acids is 1. The Morgan fingerprint density at radius 2 is 2.03 bits per heavy atom. The van der Waals surface area contributed by atoms with Gasteiger partial charge in [-0.15, -0.1) is 5.10 Å². The summed E-state index contributed by atoms with van der Waals surface area (Å²) in [5, 5.41) is 21.0. The molecule has 1 aliphatic rings. The number of nitrogens with one attached hydrogen (secondary N) is 3. The summed E-state index contributed by atoms with van der Waals surface area (Å²) in [6, 6.07) is 8.90. The number of aliphatic imine (C=N–C) groups is 1. The second kappa shape index (κ2) is 9.19. The lowest BCUT2D eigenvalue weighted by Crippen LogP contribution is -2.18. The number of alkyl halides is 3. The number of benzene rings is 2. The Kier molecular flexibility index (Phi) is 6.07. The van der Waals surface area contributed by atoms with Gasteiger partial charge in [-0.05, 0) is 59.1 Å². The zero-order valence-electron chi connectivity index (χ0n) is 17.7. The van der Waals surface area contributed by atoms with Gasteiger partial charge in [-0.2, -0.15) is 23.3 Å². The van der Waals surface area contributed by atoms with Crippen LogP contribution >= 0.6 is 23.4 Å². The molecule has 3 N–H and O–H groups in total. The van der Waals surface area contributed by atoms with Crippen molar-refractivity contribution in [3.8, 4) is 0 Å². The van der Waals surface area contributed by atoms with Gasteiger partial charge in [0.25, 0.3) is 5.91 Å². The van der Waals surface area contributed by atoms with Crippen LogP contribution in [0, 0.1) is 0 Å². The molecule has 0 saturated heterocycles. The maximum absolute atomic E-state index is 13.8. The van der Waals surface area contributed by atoms with Gasteiger partial charge in [-0.1, -0.05) is 28.9 Å². The van der Waals surface area contributed by atoms with Crippen LogP contribution in [-0.2, 0) is 23.9 Å². The molecule has 0 spiro atoms. The average Bonchev–Trinajstić information content (AvgIpc) is 3.57. The van der Waals surface area contributed by atoms with Crippen LogP contribution in [-0.4, -0.2) is 36.7 Å². The predicted octanol–water partition coefficient (Wildman–Crippen LogP) is 4.73. The lowest BCUT2D eigenvalue weighted by molar-refractivity contribution is -0.138. The van der Waals surface area contributed by atoms with Crippen LogP contribution < -0.4 is 5.32 Å². The molecule has 0 bridgehead atoms. The van der Waals surface area contributed by atoms with Gasteiger partial charge >= 0.3 is 6.18 Å². The van der Waals surface area contributed by atoms with Gasteiger partial charge in [0.2, 0.25) is 0 Å². The lowest BCUT2D eigenvalue weighted by atomic mass is 9.93. The molecule has 0 saturated carbocycles. The molecule has 2 aromatic heterocycles. The topological polar surface area (TPSA) is 112 Å². The largest absolute Gasteiger partial charge is 0.416 e. The Morgan fingerprint density at radius 1 is 1.17 bits per heavy atom. The van der Waals surface area contributed by atoms with Gasteiger partial charge in [0.05, 0.1) is 28.7 Å². The molecule has 13 heteroatoms. The lowest BCUT2D eigenvalue weighted by Gasteiger charge is -2.16. The maximum atomic E-state index is 13.8. The van der Waals surface area contributed by atoms with Crippen LogP contribution in [0.15, 0.2) is 58.7 Å². The molecule has 178 valence electrons. The molecule has 0 unspecified atom stereocenters. The van der Waals surface area contributed by atoms with E-state index >= 15 is 0 Å². The molecule has 5 rings (SSSR count). The Labute approximate surface area is 205 Å². The molecular weight excluding hydrogens is 503 g/mol. The van der Waals surface area contributed by atoms with Crippen molar-refractivity contribution >= 4 is 50.9 Å². The minimum Gasteiger partial charge on any atom is -0.358 e. The van der Waals surface area contributed by atoms with Crippen molar-refractivity contribution in [2.24, 2.45) is 4.99 Å². The van der Waals surface area contributed by atoms with Crippen LogP contribution in [0.2, 0.25) is 5.02 Å². The highest BCUT2D eigenvalue weighted by Gasteiger charge is 2.35. The highest BCUT2D eigenvalue weighted by atomic mass is 35.5. The summed E-state index contributed by atoms with van der Waals surface area (Å²) in [6.45, 7) is 0.272. The van der Waals surface area contributed by atoms with Crippen molar-refractivity contribution < 1.29 is 18.0 Å². The first kappa shape index (κ1) is 23.1. The van der Waals surface area contributed by atoms with E-state index in [-0.39, 0.29) is 28.5 Å². The van der Waals surface area contributed by atoms with Crippen LogP contribution in [0.25, 0.3) is 16.5 Å². The first-order valence-electron chi connectivity index (χ1n) is 10.2. The minimum absolute atomic E-state index is 0.00547. The SMILES string of the molecule is O=C1N=C(NCc2c[nH]nn2)SC1=C(Cc1ccc(Cl)cc1C(F)(F)F)c1ccc2[nH]ncc2c1. The summed E-state index contributed by atoms with van der Waals surface area (Å²) in [5.41, 5.74) is 1.52. The zero-order chi connectivity index (χ0) is 24.6. The second-order valence-electron chi connectivity index (χ2n) is 7.60. The Balaban J connectivity index is 1.55. The van der Waals surface area contributed by atoms with Crippen LogP contribution in [0.4, 0.5) is 13.2 Å². The van der Waals surface area contributed by atoms with E-state index in [2.05, 4.69) is 35.9 Å². The molecule has 3 heterocycles. The normalized spacial score (nSPS) is 15.5. The zero-order valence-corrected chi connectivity index (χ0v) is 19.2.